The maximum Gasteiger partial charge on any atom is 0.389 e. The molecule has 2 saturated heterocycles. The minimum Gasteiger partial charge on any atom is -0.393 e. The number of aliphatic hydroxyl groups excluding tert-OH is 1. The summed E-state index contributed by atoms with van der Waals surface area (Å²) in [5.74, 6) is -2.31. The number of halogens is 1. The van der Waals surface area contributed by atoms with Crippen molar-refractivity contribution in [1.82, 2.24) is 4.90 Å². The van der Waals surface area contributed by atoms with Crippen molar-refractivity contribution in [2.45, 2.75) is 44.0 Å². The lowest BCUT2D eigenvalue weighted by atomic mass is 9.77. The molecule has 5 aliphatic rings. The number of likely N-dealkylation sites (N-methyl/N-ethyl adjacent to an activating group) is 1. The Morgan fingerprint density at radius 1 is 1.07 bits per heavy atom. The summed E-state index contributed by atoms with van der Waals surface area (Å²) in [4.78, 5) is 37.1. The monoisotopic (exact) mass is 648 g/mol. The molecule has 0 aliphatic carbocycles. The van der Waals surface area contributed by atoms with Crippen molar-refractivity contribution in [3.05, 3.63) is 46.7 Å². The molecule has 5 heterocycles. The number of anilines is 1. The Labute approximate surface area is 263 Å². The first kappa shape index (κ1) is 31.3. The number of rotatable bonds is 5. The molecule has 0 aromatic heterocycles. The van der Waals surface area contributed by atoms with E-state index in [0.717, 1.165) is 59.0 Å². The second kappa shape index (κ2) is 10.7. The van der Waals surface area contributed by atoms with Crippen LogP contribution in [-0.2, 0) is 42.5 Å². The summed E-state index contributed by atoms with van der Waals surface area (Å²) in [6.07, 6.45) is 0.562. The molecule has 11 nitrogen and oxygen atoms in total. The van der Waals surface area contributed by atoms with E-state index in [2.05, 4.69) is 36.7 Å². The highest BCUT2D eigenvalue weighted by Gasteiger charge is 2.60. The zero-order valence-electron chi connectivity index (χ0n) is 26.0. The van der Waals surface area contributed by atoms with Gasteiger partial charge in [-0.05, 0) is 24.6 Å². The van der Waals surface area contributed by atoms with Gasteiger partial charge in [-0.15, -0.1) is 11.6 Å². The lowest BCUT2D eigenvalue weighted by Gasteiger charge is -2.48. The van der Waals surface area contributed by atoms with Crippen molar-refractivity contribution in [3.63, 3.8) is 0 Å². The number of fused-ring (bicyclic) bond motifs is 1. The smallest absolute Gasteiger partial charge is 0.389 e. The van der Waals surface area contributed by atoms with Crippen LogP contribution in [0.1, 0.15) is 25.0 Å². The molecule has 5 aliphatic heterocycles. The van der Waals surface area contributed by atoms with E-state index in [1.807, 2.05) is 19.1 Å². The molecule has 7 rings (SSSR count). The lowest BCUT2D eigenvalue weighted by molar-refractivity contribution is -1.03. The molecule has 2 aromatic carbocycles. The number of piperazine rings is 1. The molecule has 0 bridgehead atoms. The molecular formula is C31H41ClN4O7S+2. The highest BCUT2D eigenvalue weighted by molar-refractivity contribution is 7.93. The average Bonchev–Trinajstić information content (AvgIpc) is 3.35. The molecule has 44 heavy (non-hydrogen) atoms. The number of alkyl halides is 1. The SMILES string of the molecule is CCl.COOC(=O)C1=C(CN2c3ccc4c5c(ccc(c35)S2(=O)=O)C[N+]2(CC[N+](C)(C)CC2)C4)C(C)C2C(C(C)O)C(=O)N12. The minimum atomic E-state index is -3.94. The zero-order valence-corrected chi connectivity index (χ0v) is 27.6. The average molecular weight is 649 g/mol. The second-order valence-corrected chi connectivity index (χ2v) is 15.2. The lowest BCUT2D eigenvalue weighted by Crippen LogP contribution is -2.63. The fourth-order valence-electron chi connectivity index (χ4n) is 8.10. The third kappa shape index (κ3) is 4.40. The number of hydrogen-bond donors (Lipinski definition) is 1. The minimum absolute atomic E-state index is 0.00468. The molecule has 0 saturated carbocycles. The van der Waals surface area contributed by atoms with Crippen LogP contribution in [0.3, 0.4) is 0 Å². The van der Waals surface area contributed by atoms with Crippen molar-refractivity contribution < 1.29 is 41.9 Å². The maximum atomic E-state index is 14.1. The van der Waals surface area contributed by atoms with E-state index >= 15 is 0 Å². The van der Waals surface area contributed by atoms with E-state index in [4.69, 9.17) is 4.89 Å². The third-order valence-electron chi connectivity index (χ3n) is 10.5. The summed E-state index contributed by atoms with van der Waals surface area (Å²) in [6.45, 7) is 9.42. The highest BCUT2D eigenvalue weighted by Crippen LogP contribution is 2.51. The summed E-state index contributed by atoms with van der Waals surface area (Å²) < 4.78 is 31.6. The van der Waals surface area contributed by atoms with Crippen LogP contribution in [0.2, 0.25) is 0 Å². The van der Waals surface area contributed by atoms with Crippen LogP contribution in [0, 0.1) is 11.8 Å². The van der Waals surface area contributed by atoms with Gasteiger partial charge in [-0.1, -0.05) is 19.1 Å². The zero-order chi connectivity index (χ0) is 31.9. The summed E-state index contributed by atoms with van der Waals surface area (Å²) in [5, 5.41) is 12.1. The van der Waals surface area contributed by atoms with Crippen LogP contribution in [0.4, 0.5) is 5.69 Å². The van der Waals surface area contributed by atoms with Gasteiger partial charge in [-0.25, -0.2) is 13.2 Å². The van der Waals surface area contributed by atoms with Gasteiger partial charge in [0, 0.05) is 34.2 Å². The predicted molar refractivity (Wildman–Crippen MR) is 165 cm³/mol. The topological polar surface area (TPSA) is 113 Å². The molecule has 1 amide bonds. The number of nitrogens with zero attached hydrogens (tertiary/aromatic N) is 4. The van der Waals surface area contributed by atoms with Crippen molar-refractivity contribution in [3.8, 4) is 0 Å². The van der Waals surface area contributed by atoms with E-state index in [9.17, 15) is 23.1 Å². The Morgan fingerprint density at radius 3 is 2.27 bits per heavy atom. The summed E-state index contributed by atoms with van der Waals surface area (Å²) in [7, 11) is 1.81. The number of β-lactam (4-membered cyclic amide) rings is 1. The fourth-order valence-corrected chi connectivity index (χ4v) is 9.76. The van der Waals surface area contributed by atoms with Crippen molar-refractivity contribution in [1.29, 1.82) is 0 Å². The van der Waals surface area contributed by atoms with E-state index < -0.39 is 34.1 Å². The predicted octanol–water partition coefficient (Wildman–Crippen LogP) is 2.34. The van der Waals surface area contributed by atoms with Crippen LogP contribution in [-0.4, -0.2) is 112 Å². The number of quaternary nitrogens is 2. The van der Waals surface area contributed by atoms with E-state index in [1.54, 1.807) is 13.0 Å². The Bertz CT molecular complexity index is 1680. The van der Waals surface area contributed by atoms with Gasteiger partial charge in [0.25, 0.3) is 10.0 Å². The maximum absolute atomic E-state index is 14.1. The molecule has 2 aromatic rings. The van der Waals surface area contributed by atoms with Gasteiger partial charge >= 0.3 is 5.97 Å². The van der Waals surface area contributed by atoms with Crippen LogP contribution in [0.5, 0.6) is 0 Å². The molecule has 4 unspecified atom stereocenters. The second-order valence-electron chi connectivity index (χ2n) is 13.4. The Hall–Kier alpha value is -2.74. The van der Waals surface area contributed by atoms with Gasteiger partial charge < -0.3 is 19.0 Å². The van der Waals surface area contributed by atoms with Crippen LogP contribution in [0.25, 0.3) is 10.8 Å². The molecule has 238 valence electrons. The fraction of sp³-hybridized carbons (Fsp3) is 0.548. The number of benzene rings is 2. The number of carbonyl (C=O) groups excluding carboxylic acids is 2. The number of carbonyl (C=O) groups is 2. The molecule has 2 fully saturated rings. The Morgan fingerprint density at radius 2 is 1.68 bits per heavy atom. The van der Waals surface area contributed by atoms with E-state index in [-0.39, 0.29) is 29.0 Å². The van der Waals surface area contributed by atoms with Crippen LogP contribution >= 0.6 is 11.6 Å². The standard InChI is InChI=1S/C30H38N4O7S.CH3Cl/c1-17-21(28(30(37)41-40-5)32-27(17)24(18(2)35)29(32)36)14-31-22-8-6-19-15-34(12-10-33(3,4)11-13-34)16-20-7-9-23(42(31,38)39)26(22)25(19)20;1-2/h6-9,17-18,24,27,35H,10-16H2,1-5H3;1H3/q+2;. The number of sulfonamides is 1. The van der Waals surface area contributed by atoms with Crippen molar-refractivity contribution >= 4 is 50.0 Å². The van der Waals surface area contributed by atoms with Gasteiger partial charge in [0.2, 0.25) is 5.91 Å². The molecule has 4 atom stereocenters. The number of amides is 1. The first-order chi connectivity index (χ1) is 20.8. The van der Waals surface area contributed by atoms with Gasteiger partial charge in [0.15, 0.2) is 0 Å². The van der Waals surface area contributed by atoms with Gasteiger partial charge in [0.1, 0.15) is 45.0 Å². The summed E-state index contributed by atoms with van der Waals surface area (Å²) in [5.41, 5.74) is 3.40. The highest BCUT2D eigenvalue weighted by atomic mass is 35.5. The quantitative estimate of drug-likeness (QED) is 0.174. The van der Waals surface area contributed by atoms with Gasteiger partial charge in [-0.3, -0.25) is 14.0 Å². The van der Waals surface area contributed by atoms with Gasteiger partial charge in [0.05, 0.1) is 56.4 Å². The molecule has 13 heteroatoms. The van der Waals surface area contributed by atoms with Crippen molar-refractivity contribution in [2.75, 3.05) is 64.6 Å². The van der Waals surface area contributed by atoms with E-state index in [1.165, 1.54) is 33.8 Å². The normalized spacial score (nSPS) is 27.5. The molecule has 1 N–H and O–H groups in total. The first-order valence-electron chi connectivity index (χ1n) is 14.9. The van der Waals surface area contributed by atoms with Gasteiger partial charge in [-0.2, -0.15) is 4.89 Å². The van der Waals surface area contributed by atoms with Crippen molar-refractivity contribution in [2.24, 2.45) is 11.8 Å². The summed E-state index contributed by atoms with van der Waals surface area (Å²) in [6, 6.07) is 7.22. The van der Waals surface area contributed by atoms with E-state index in [0.29, 0.717) is 11.3 Å². The van der Waals surface area contributed by atoms with Crippen LogP contribution < -0.4 is 4.31 Å². The molecule has 1 spiro atoms. The Balaban J connectivity index is 0.00000168. The number of hydrogen-bond acceptors (Lipinski definition) is 7. The van der Waals surface area contributed by atoms with Crippen LogP contribution in [0.15, 0.2) is 40.4 Å². The Kier molecular flexibility index (Phi) is 7.58. The number of aliphatic hydroxyl groups is 1. The summed E-state index contributed by atoms with van der Waals surface area (Å²) >= 11 is 4.64. The molecule has 0 radical (unpaired) electrons. The molecular weight excluding hydrogens is 608 g/mol. The third-order valence-corrected chi connectivity index (χ3v) is 12.3. The first-order valence-corrected chi connectivity index (χ1v) is 17.1. The largest absolute Gasteiger partial charge is 0.393 e.